The van der Waals surface area contributed by atoms with Gasteiger partial charge in [0.2, 0.25) is 0 Å². The van der Waals surface area contributed by atoms with E-state index in [-0.39, 0.29) is 12.8 Å². The summed E-state index contributed by atoms with van der Waals surface area (Å²) < 4.78 is 137. The highest BCUT2D eigenvalue weighted by atomic mass is 32.2. The van der Waals surface area contributed by atoms with Gasteiger partial charge in [-0.2, -0.15) is 39.2 Å². The normalized spacial score (nSPS) is 18.3. The molecule has 1 aliphatic carbocycles. The quantitative estimate of drug-likeness (QED) is 0.130. The fraction of sp³-hybridized carbons (Fsp3) is 0.889. The van der Waals surface area contributed by atoms with E-state index in [9.17, 15) is 48.7 Å². The van der Waals surface area contributed by atoms with E-state index in [1.54, 1.807) is 0 Å². The van der Waals surface area contributed by atoms with Gasteiger partial charge in [0.15, 0.2) is 0 Å². The summed E-state index contributed by atoms with van der Waals surface area (Å²) in [6, 6.07) is 0. The standard InChI is InChI=1S/C18H25F7O8S/c1-2-31-14(27)16(17(21,22)23,33-13(26)12-8-4-3-5-9-12)32-11-7-6-10-15(19,20)18(24,25)34(28,29)30/h12H,2-11H2,1H3,(H,28,29,30). The van der Waals surface area contributed by atoms with E-state index >= 15 is 0 Å². The van der Waals surface area contributed by atoms with Crippen molar-refractivity contribution in [2.24, 2.45) is 5.92 Å². The van der Waals surface area contributed by atoms with Crippen molar-refractivity contribution in [3.63, 3.8) is 0 Å². The fourth-order valence-electron chi connectivity index (χ4n) is 3.17. The first kappa shape index (κ1) is 30.4. The number of ether oxygens (including phenoxy) is 3. The van der Waals surface area contributed by atoms with Crippen LogP contribution >= 0.6 is 0 Å². The zero-order valence-electron chi connectivity index (χ0n) is 18.0. The van der Waals surface area contributed by atoms with Crippen LogP contribution in [0, 0.1) is 5.92 Å². The Hall–Kier alpha value is -1.68. The second-order valence-corrected chi connectivity index (χ2v) is 9.06. The Morgan fingerprint density at radius 3 is 2.00 bits per heavy atom. The molecule has 0 aliphatic heterocycles. The Labute approximate surface area is 190 Å². The summed E-state index contributed by atoms with van der Waals surface area (Å²) in [5.74, 6) is -13.9. The van der Waals surface area contributed by atoms with Crippen LogP contribution in [0.25, 0.3) is 0 Å². The number of carbonyl (C=O) groups excluding carboxylic acids is 2. The molecule has 1 N–H and O–H groups in total. The molecule has 1 rings (SSSR count). The van der Waals surface area contributed by atoms with E-state index in [1.165, 1.54) is 6.92 Å². The molecule has 0 heterocycles. The van der Waals surface area contributed by atoms with E-state index in [4.69, 9.17) is 4.55 Å². The molecule has 1 unspecified atom stereocenters. The number of halogens is 7. The minimum Gasteiger partial charge on any atom is -0.461 e. The molecule has 0 saturated heterocycles. The summed E-state index contributed by atoms with van der Waals surface area (Å²) in [4.78, 5) is 24.5. The fourth-order valence-corrected chi connectivity index (χ4v) is 3.65. The lowest BCUT2D eigenvalue weighted by atomic mass is 9.89. The maximum Gasteiger partial charge on any atom is 0.468 e. The maximum atomic E-state index is 13.8. The Bertz CT molecular complexity index is 810. The van der Waals surface area contributed by atoms with E-state index in [0.717, 1.165) is 6.42 Å². The smallest absolute Gasteiger partial charge is 0.461 e. The van der Waals surface area contributed by atoms with Crippen LogP contribution in [-0.4, -0.2) is 61.3 Å². The van der Waals surface area contributed by atoms with Crippen molar-refractivity contribution in [1.29, 1.82) is 0 Å². The second-order valence-electron chi connectivity index (χ2n) is 7.59. The molecule has 0 aromatic heterocycles. The molecule has 16 heteroatoms. The lowest BCUT2D eigenvalue weighted by Gasteiger charge is -2.34. The lowest BCUT2D eigenvalue weighted by molar-refractivity contribution is -0.356. The van der Waals surface area contributed by atoms with Gasteiger partial charge in [-0.05, 0) is 32.6 Å². The van der Waals surface area contributed by atoms with Crippen molar-refractivity contribution in [3.05, 3.63) is 0 Å². The molecule has 0 radical (unpaired) electrons. The van der Waals surface area contributed by atoms with Crippen LogP contribution in [0.3, 0.4) is 0 Å². The zero-order valence-corrected chi connectivity index (χ0v) is 18.8. The van der Waals surface area contributed by atoms with Crippen LogP contribution < -0.4 is 0 Å². The van der Waals surface area contributed by atoms with E-state index < -0.39 is 83.6 Å². The SMILES string of the molecule is CCOC(=O)C(OCCCCC(F)(F)C(F)(F)S(=O)(=O)O)(OC(=O)C1CCCCC1)C(F)(F)F. The average Bonchev–Trinajstić information content (AvgIpc) is 2.71. The molecular weight excluding hydrogens is 509 g/mol. The predicted molar refractivity (Wildman–Crippen MR) is 99.3 cm³/mol. The molecule has 1 saturated carbocycles. The summed E-state index contributed by atoms with van der Waals surface area (Å²) in [5, 5.41) is -5.84. The molecule has 200 valence electrons. The number of carbonyl (C=O) groups is 2. The van der Waals surface area contributed by atoms with Crippen molar-refractivity contribution in [1.82, 2.24) is 0 Å². The van der Waals surface area contributed by atoms with Gasteiger partial charge < -0.3 is 14.2 Å². The van der Waals surface area contributed by atoms with Gasteiger partial charge in [-0.1, -0.05) is 19.3 Å². The van der Waals surface area contributed by atoms with E-state index in [0.29, 0.717) is 12.8 Å². The minimum atomic E-state index is -6.47. The van der Waals surface area contributed by atoms with E-state index in [2.05, 4.69) is 14.2 Å². The van der Waals surface area contributed by atoms with Gasteiger partial charge in [-0.3, -0.25) is 9.35 Å². The predicted octanol–water partition coefficient (Wildman–Crippen LogP) is 4.23. The topological polar surface area (TPSA) is 116 Å². The number of unbranched alkanes of at least 4 members (excludes halogenated alkanes) is 1. The first-order valence-corrected chi connectivity index (χ1v) is 11.7. The van der Waals surface area contributed by atoms with Crippen molar-refractivity contribution in [2.45, 2.75) is 81.4 Å². The molecule has 8 nitrogen and oxygen atoms in total. The highest BCUT2D eigenvalue weighted by molar-refractivity contribution is 7.87. The third-order valence-corrected chi connectivity index (χ3v) is 5.99. The summed E-state index contributed by atoms with van der Waals surface area (Å²) in [6.07, 6.45) is -7.05. The van der Waals surface area contributed by atoms with Crippen LogP contribution in [0.2, 0.25) is 0 Å². The Balaban J connectivity index is 2.95. The van der Waals surface area contributed by atoms with Crippen molar-refractivity contribution < 1.29 is 67.5 Å². The highest BCUT2D eigenvalue weighted by Gasteiger charge is 2.68. The molecule has 0 bridgehead atoms. The summed E-state index contributed by atoms with van der Waals surface area (Å²) in [7, 11) is -6.47. The van der Waals surface area contributed by atoms with Gasteiger partial charge in [-0.25, -0.2) is 4.79 Å². The van der Waals surface area contributed by atoms with E-state index in [1.807, 2.05) is 0 Å². The van der Waals surface area contributed by atoms with Gasteiger partial charge in [0.1, 0.15) is 0 Å². The van der Waals surface area contributed by atoms with Crippen LogP contribution in [0.4, 0.5) is 30.7 Å². The average molecular weight is 534 g/mol. The summed E-state index contributed by atoms with van der Waals surface area (Å²) >= 11 is 0. The highest BCUT2D eigenvalue weighted by Crippen LogP contribution is 2.42. The van der Waals surface area contributed by atoms with Gasteiger partial charge in [0.05, 0.1) is 19.1 Å². The second kappa shape index (κ2) is 11.4. The molecule has 1 fully saturated rings. The van der Waals surface area contributed by atoms with Crippen LogP contribution in [0.5, 0.6) is 0 Å². The number of hydrogen-bond donors (Lipinski definition) is 1. The van der Waals surface area contributed by atoms with Crippen molar-refractivity contribution in [3.8, 4) is 0 Å². The molecule has 0 amide bonds. The Morgan fingerprint density at radius 1 is 0.971 bits per heavy atom. The summed E-state index contributed by atoms with van der Waals surface area (Å²) in [5.41, 5.74) is 0. The van der Waals surface area contributed by atoms with Crippen LogP contribution in [0.15, 0.2) is 0 Å². The third kappa shape index (κ3) is 6.93. The first-order chi connectivity index (χ1) is 15.4. The Morgan fingerprint density at radius 2 is 1.53 bits per heavy atom. The molecule has 0 aromatic carbocycles. The van der Waals surface area contributed by atoms with Crippen molar-refractivity contribution in [2.75, 3.05) is 13.2 Å². The van der Waals surface area contributed by atoms with Gasteiger partial charge in [0, 0.05) is 6.42 Å². The van der Waals surface area contributed by atoms with Gasteiger partial charge in [-0.15, -0.1) is 0 Å². The molecule has 0 aromatic rings. The van der Waals surface area contributed by atoms with Gasteiger partial charge in [0.25, 0.3) is 0 Å². The third-order valence-electron chi connectivity index (χ3n) is 5.04. The number of hydrogen-bond acceptors (Lipinski definition) is 7. The van der Waals surface area contributed by atoms with Gasteiger partial charge >= 0.3 is 45.2 Å². The number of rotatable bonds is 12. The summed E-state index contributed by atoms with van der Waals surface area (Å²) in [6.45, 7) is -0.568. The minimum absolute atomic E-state index is 0.215. The largest absolute Gasteiger partial charge is 0.468 e. The molecular formula is C18H25F7O8S. The van der Waals surface area contributed by atoms with Crippen LogP contribution in [-0.2, 0) is 33.9 Å². The maximum absolute atomic E-state index is 13.8. The molecule has 0 spiro atoms. The number of esters is 2. The van der Waals surface area contributed by atoms with Crippen LogP contribution in [0.1, 0.15) is 58.3 Å². The molecule has 1 atom stereocenters. The monoisotopic (exact) mass is 534 g/mol. The first-order valence-electron chi connectivity index (χ1n) is 10.3. The zero-order chi connectivity index (χ0) is 26.4. The Kier molecular flexibility index (Phi) is 10.2. The number of alkyl halides is 7. The van der Waals surface area contributed by atoms with Crippen molar-refractivity contribution >= 4 is 22.1 Å². The molecule has 34 heavy (non-hydrogen) atoms. The lowest BCUT2D eigenvalue weighted by Crippen LogP contribution is -2.59. The molecule has 1 aliphatic rings.